The Balaban J connectivity index is 2.69. The average Bonchev–Trinajstić information content (AvgIpc) is 2.44. The van der Waals surface area contributed by atoms with Gasteiger partial charge in [0.05, 0.1) is 0 Å². The van der Waals surface area contributed by atoms with Gasteiger partial charge in [0, 0.05) is 24.3 Å². The molecule has 5 heteroatoms. The first kappa shape index (κ1) is 17.0. The van der Waals surface area contributed by atoms with Gasteiger partial charge in [0.1, 0.15) is 6.04 Å². The molecule has 0 aliphatic rings. The second-order valence-corrected chi connectivity index (χ2v) is 5.05. The van der Waals surface area contributed by atoms with E-state index in [-0.39, 0.29) is 11.8 Å². The third-order valence-corrected chi connectivity index (χ3v) is 3.14. The molecule has 1 aromatic carbocycles. The molecule has 0 aromatic heterocycles. The molecule has 0 radical (unpaired) electrons. The summed E-state index contributed by atoms with van der Waals surface area (Å²) in [5.74, 6) is -0.387. The normalized spacial score (nSPS) is 11.6. The molecule has 0 saturated heterocycles. The highest BCUT2D eigenvalue weighted by atomic mass is 16.2. The van der Waals surface area contributed by atoms with Crippen LogP contribution in [0.25, 0.3) is 0 Å². The van der Waals surface area contributed by atoms with Gasteiger partial charge >= 0.3 is 0 Å². The van der Waals surface area contributed by atoms with E-state index in [2.05, 4.69) is 16.0 Å². The first-order valence-corrected chi connectivity index (χ1v) is 7.42. The van der Waals surface area contributed by atoms with E-state index in [9.17, 15) is 9.59 Å². The van der Waals surface area contributed by atoms with Gasteiger partial charge in [-0.25, -0.2) is 0 Å². The number of carbonyl (C=O) groups excluding carboxylic acids is 2. The van der Waals surface area contributed by atoms with Gasteiger partial charge in [-0.2, -0.15) is 0 Å². The molecule has 0 spiro atoms. The molecule has 1 unspecified atom stereocenters. The summed E-state index contributed by atoms with van der Waals surface area (Å²) in [6, 6.07) is 5.03. The average molecular weight is 291 g/mol. The van der Waals surface area contributed by atoms with Crippen LogP contribution in [0.2, 0.25) is 0 Å². The summed E-state index contributed by atoms with van der Waals surface area (Å²) in [5, 5.41) is 8.69. The molecular formula is C16H25N3O2. The summed E-state index contributed by atoms with van der Waals surface area (Å²) in [7, 11) is 0. The van der Waals surface area contributed by atoms with Crippen molar-refractivity contribution in [2.24, 2.45) is 0 Å². The minimum atomic E-state index is -0.545. The number of amides is 2. The molecule has 1 rings (SSSR count). The molecule has 0 heterocycles. The number of rotatable bonds is 7. The third-order valence-electron chi connectivity index (χ3n) is 3.14. The Kier molecular flexibility index (Phi) is 6.72. The standard InChI is InChI=1S/C16H25N3O2/c1-5-9-18-15(20)12(4)19-16(21)14-8-7-13(17-6-2)10-11(14)3/h7-8,10,12,17H,5-6,9H2,1-4H3,(H,18,20)(H,19,21). The number of benzene rings is 1. The van der Waals surface area contributed by atoms with Crippen LogP contribution in [0.3, 0.4) is 0 Å². The van der Waals surface area contributed by atoms with E-state index >= 15 is 0 Å². The Hall–Kier alpha value is -2.04. The van der Waals surface area contributed by atoms with Gasteiger partial charge in [0.15, 0.2) is 0 Å². The van der Waals surface area contributed by atoms with Crippen molar-refractivity contribution in [1.29, 1.82) is 0 Å². The smallest absolute Gasteiger partial charge is 0.252 e. The Morgan fingerprint density at radius 3 is 2.52 bits per heavy atom. The Morgan fingerprint density at radius 1 is 1.24 bits per heavy atom. The van der Waals surface area contributed by atoms with Gasteiger partial charge in [0.25, 0.3) is 5.91 Å². The van der Waals surface area contributed by atoms with Crippen LogP contribution in [-0.4, -0.2) is 30.9 Å². The van der Waals surface area contributed by atoms with Crippen LogP contribution >= 0.6 is 0 Å². The number of aryl methyl sites for hydroxylation is 1. The fourth-order valence-corrected chi connectivity index (χ4v) is 1.97. The van der Waals surface area contributed by atoms with E-state index in [1.165, 1.54) is 0 Å². The maximum Gasteiger partial charge on any atom is 0.252 e. The van der Waals surface area contributed by atoms with Gasteiger partial charge in [0.2, 0.25) is 5.91 Å². The van der Waals surface area contributed by atoms with Crippen LogP contribution in [0.1, 0.15) is 43.1 Å². The lowest BCUT2D eigenvalue weighted by Crippen LogP contribution is -2.45. The number of anilines is 1. The summed E-state index contributed by atoms with van der Waals surface area (Å²) < 4.78 is 0. The molecule has 1 atom stereocenters. The number of carbonyl (C=O) groups is 2. The molecule has 0 aliphatic heterocycles. The molecule has 1 aromatic rings. The zero-order valence-corrected chi connectivity index (χ0v) is 13.2. The lowest BCUT2D eigenvalue weighted by atomic mass is 10.1. The van der Waals surface area contributed by atoms with Crippen molar-refractivity contribution in [3.05, 3.63) is 29.3 Å². The Morgan fingerprint density at radius 2 is 1.95 bits per heavy atom. The van der Waals surface area contributed by atoms with Gasteiger partial charge in [-0.15, -0.1) is 0 Å². The van der Waals surface area contributed by atoms with Crippen molar-refractivity contribution in [1.82, 2.24) is 10.6 Å². The van der Waals surface area contributed by atoms with Crippen LogP contribution in [0.15, 0.2) is 18.2 Å². The quantitative estimate of drug-likeness (QED) is 0.720. The fourth-order valence-electron chi connectivity index (χ4n) is 1.97. The van der Waals surface area contributed by atoms with E-state index < -0.39 is 6.04 Å². The fraction of sp³-hybridized carbons (Fsp3) is 0.500. The molecule has 0 aliphatic carbocycles. The van der Waals surface area contributed by atoms with Crippen LogP contribution in [0.5, 0.6) is 0 Å². The maximum atomic E-state index is 12.2. The maximum absolute atomic E-state index is 12.2. The molecule has 2 amide bonds. The third kappa shape index (κ3) is 5.10. The zero-order valence-electron chi connectivity index (χ0n) is 13.2. The van der Waals surface area contributed by atoms with Crippen LogP contribution in [-0.2, 0) is 4.79 Å². The summed E-state index contributed by atoms with van der Waals surface area (Å²) in [5.41, 5.74) is 2.46. The van der Waals surface area contributed by atoms with Gasteiger partial charge < -0.3 is 16.0 Å². The van der Waals surface area contributed by atoms with Gasteiger partial charge in [-0.3, -0.25) is 9.59 Å². The molecule has 0 bridgehead atoms. The van der Waals surface area contributed by atoms with E-state index in [0.29, 0.717) is 12.1 Å². The molecule has 116 valence electrons. The van der Waals surface area contributed by atoms with Crippen molar-refractivity contribution in [2.45, 2.75) is 40.2 Å². The number of nitrogens with one attached hydrogen (secondary N) is 3. The van der Waals surface area contributed by atoms with Gasteiger partial charge in [-0.1, -0.05) is 6.92 Å². The minimum absolute atomic E-state index is 0.160. The Labute approximate surface area is 126 Å². The van der Waals surface area contributed by atoms with E-state index in [1.807, 2.05) is 32.9 Å². The highest BCUT2D eigenvalue weighted by Crippen LogP contribution is 2.15. The van der Waals surface area contributed by atoms with E-state index in [4.69, 9.17) is 0 Å². The van der Waals surface area contributed by atoms with Crippen molar-refractivity contribution < 1.29 is 9.59 Å². The highest BCUT2D eigenvalue weighted by molar-refractivity contribution is 5.98. The molecule has 21 heavy (non-hydrogen) atoms. The summed E-state index contributed by atoms with van der Waals surface area (Å²) in [6.07, 6.45) is 0.872. The van der Waals surface area contributed by atoms with Crippen molar-refractivity contribution in [2.75, 3.05) is 18.4 Å². The lowest BCUT2D eigenvalue weighted by Gasteiger charge is -2.15. The van der Waals surface area contributed by atoms with Crippen molar-refractivity contribution >= 4 is 17.5 Å². The molecule has 5 nitrogen and oxygen atoms in total. The molecule has 0 fully saturated rings. The predicted molar refractivity (Wildman–Crippen MR) is 85.6 cm³/mol. The monoisotopic (exact) mass is 291 g/mol. The second kappa shape index (κ2) is 8.29. The van der Waals surface area contributed by atoms with Gasteiger partial charge in [-0.05, 0) is 51.0 Å². The summed E-state index contributed by atoms with van der Waals surface area (Å²) in [6.45, 7) is 9.03. The largest absolute Gasteiger partial charge is 0.385 e. The van der Waals surface area contributed by atoms with Crippen molar-refractivity contribution in [3.63, 3.8) is 0 Å². The minimum Gasteiger partial charge on any atom is -0.385 e. The Bertz CT molecular complexity index is 500. The SMILES string of the molecule is CCCNC(=O)C(C)NC(=O)c1ccc(NCC)cc1C. The topological polar surface area (TPSA) is 70.2 Å². The van der Waals surface area contributed by atoms with E-state index in [0.717, 1.165) is 24.2 Å². The molecule has 0 saturated carbocycles. The number of hydrogen-bond acceptors (Lipinski definition) is 3. The highest BCUT2D eigenvalue weighted by Gasteiger charge is 2.17. The molecular weight excluding hydrogens is 266 g/mol. The molecule has 3 N–H and O–H groups in total. The lowest BCUT2D eigenvalue weighted by molar-refractivity contribution is -0.122. The van der Waals surface area contributed by atoms with E-state index in [1.54, 1.807) is 13.0 Å². The summed E-state index contributed by atoms with van der Waals surface area (Å²) in [4.78, 5) is 24.0. The predicted octanol–water partition coefficient (Wildman–Crippen LogP) is 2.07. The van der Waals surface area contributed by atoms with Crippen LogP contribution in [0.4, 0.5) is 5.69 Å². The first-order valence-electron chi connectivity index (χ1n) is 7.42. The van der Waals surface area contributed by atoms with Crippen LogP contribution < -0.4 is 16.0 Å². The zero-order chi connectivity index (χ0) is 15.8. The van der Waals surface area contributed by atoms with Crippen LogP contribution in [0, 0.1) is 6.92 Å². The number of hydrogen-bond donors (Lipinski definition) is 3. The summed E-state index contributed by atoms with van der Waals surface area (Å²) >= 11 is 0. The first-order chi connectivity index (χ1) is 9.99. The van der Waals surface area contributed by atoms with Crippen molar-refractivity contribution in [3.8, 4) is 0 Å². The second-order valence-electron chi connectivity index (χ2n) is 5.05.